The molecule has 2 heterocycles. The van der Waals surface area contributed by atoms with Crippen molar-refractivity contribution in [3.8, 4) is 11.1 Å². The van der Waals surface area contributed by atoms with Gasteiger partial charge in [0.05, 0.1) is 0 Å². The van der Waals surface area contributed by atoms with Crippen molar-refractivity contribution in [2.24, 2.45) is 0 Å². The normalized spacial score (nSPS) is 13.8. The predicted octanol–water partition coefficient (Wildman–Crippen LogP) is 2.35. The second kappa shape index (κ2) is 5.43. The van der Waals surface area contributed by atoms with Gasteiger partial charge in [-0.3, -0.25) is 4.79 Å². The van der Waals surface area contributed by atoms with Crippen LogP contribution in [0.2, 0.25) is 0 Å². The Morgan fingerprint density at radius 3 is 3.05 bits per heavy atom. The molecule has 0 aliphatic carbocycles. The second-order valence-corrected chi connectivity index (χ2v) is 4.96. The number of fused-ring (bicyclic) bond motifs is 1. The first-order valence-corrected chi connectivity index (χ1v) is 6.79. The number of hydrogen-bond acceptors (Lipinski definition) is 3. The van der Waals surface area contributed by atoms with Crippen molar-refractivity contribution in [3.05, 3.63) is 47.7 Å². The van der Waals surface area contributed by atoms with Crippen molar-refractivity contribution in [3.63, 3.8) is 0 Å². The fourth-order valence-electron chi connectivity index (χ4n) is 2.61. The molecular weight excluding hydrogens is 250 g/mol. The average molecular weight is 267 g/mol. The lowest BCUT2D eigenvalue weighted by Crippen LogP contribution is -2.20. The van der Waals surface area contributed by atoms with E-state index < -0.39 is 0 Å². The van der Waals surface area contributed by atoms with Gasteiger partial charge in [-0.15, -0.1) is 0 Å². The molecule has 4 nitrogen and oxygen atoms in total. The van der Waals surface area contributed by atoms with Crippen LogP contribution in [0.5, 0.6) is 0 Å². The Labute approximate surface area is 118 Å². The van der Waals surface area contributed by atoms with Crippen molar-refractivity contribution in [1.29, 1.82) is 0 Å². The van der Waals surface area contributed by atoms with Gasteiger partial charge in [0.2, 0.25) is 5.91 Å². The number of hydrogen-bond donors (Lipinski definition) is 2. The summed E-state index contributed by atoms with van der Waals surface area (Å²) in [5.74, 6) is 0.754. The molecule has 0 saturated heterocycles. The molecule has 0 atom stereocenters. The van der Waals surface area contributed by atoms with Crippen LogP contribution in [0, 0.1) is 0 Å². The van der Waals surface area contributed by atoms with Gasteiger partial charge in [-0.1, -0.05) is 18.2 Å². The summed E-state index contributed by atoms with van der Waals surface area (Å²) in [7, 11) is 1.94. The van der Waals surface area contributed by atoms with E-state index in [1.54, 1.807) is 6.20 Å². The molecule has 1 aromatic heterocycles. The maximum Gasteiger partial charge on any atom is 0.225 e. The number of pyridine rings is 1. The third-order valence-corrected chi connectivity index (χ3v) is 3.53. The Hall–Kier alpha value is -2.20. The largest absolute Gasteiger partial charge is 0.316 e. The fraction of sp³-hybridized carbons (Fsp3) is 0.250. The summed E-state index contributed by atoms with van der Waals surface area (Å²) in [6.07, 6.45) is 3.03. The highest BCUT2D eigenvalue weighted by molar-refractivity contribution is 5.94. The molecule has 0 bridgehead atoms. The third-order valence-electron chi connectivity index (χ3n) is 3.53. The molecular formula is C16H17N3O. The summed E-state index contributed by atoms with van der Waals surface area (Å²) in [5.41, 5.74) is 4.71. The number of carbonyl (C=O) groups is 1. The van der Waals surface area contributed by atoms with Crippen molar-refractivity contribution in [2.45, 2.75) is 19.4 Å². The van der Waals surface area contributed by atoms with Gasteiger partial charge in [0, 0.05) is 24.7 Å². The molecule has 102 valence electrons. The summed E-state index contributed by atoms with van der Waals surface area (Å²) >= 11 is 0. The number of nitrogens with zero attached hydrogens (tertiary/aromatic N) is 1. The first-order chi connectivity index (χ1) is 9.78. The molecule has 2 aromatic rings. The number of amides is 1. The summed E-state index contributed by atoms with van der Waals surface area (Å²) in [6, 6.07) is 10.5. The number of anilines is 1. The Balaban J connectivity index is 2.04. The lowest BCUT2D eigenvalue weighted by atomic mass is 9.94. The van der Waals surface area contributed by atoms with Gasteiger partial charge in [-0.25, -0.2) is 4.98 Å². The van der Waals surface area contributed by atoms with Gasteiger partial charge in [0.15, 0.2) is 0 Å². The van der Waals surface area contributed by atoms with Crippen LogP contribution < -0.4 is 10.6 Å². The van der Waals surface area contributed by atoms with Crippen LogP contribution in [0.25, 0.3) is 11.1 Å². The summed E-state index contributed by atoms with van der Waals surface area (Å²) in [4.78, 5) is 15.7. The summed E-state index contributed by atoms with van der Waals surface area (Å²) < 4.78 is 0. The quantitative estimate of drug-likeness (QED) is 0.897. The zero-order chi connectivity index (χ0) is 13.9. The Morgan fingerprint density at radius 1 is 1.30 bits per heavy atom. The van der Waals surface area contributed by atoms with Gasteiger partial charge < -0.3 is 10.6 Å². The van der Waals surface area contributed by atoms with Crippen LogP contribution in [0.4, 0.5) is 5.82 Å². The number of carbonyl (C=O) groups excluding carboxylic acids is 1. The first-order valence-electron chi connectivity index (χ1n) is 6.79. The Bertz CT molecular complexity index is 652. The molecule has 1 aromatic carbocycles. The van der Waals surface area contributed by atoms with E-state index in [0.717, 1.165) is 24.1 Å². The lowest BCUT2D eigenvalue weighted by molar-refractivity contribution is -0.116. The zero-order valence-electron chi connectivity index (χ0n) is 11.4. The number of aromatic nitrogens is 1. The monoisotopic (exact) mass is 267 g/mol. The van der Waals surface area contributed by atoms with Crippen LogP contribution in [0.1, 0.15) is 17.5 Å². The van der Waals surface area contributed by atoms with Crippen molar-refractivity contribution in [1.82, 2.24) is 10.3 Å². The van der Waals surface area contributed by atoms with E-state index in [9.17, 15) is 4.79 Å². The highest BCUT2D eigenvalue weighted by atomic mass is 16.1. The molecule has 0 fully saturated rings. The Kier molecular flexibility index (Phi) is 3.48. The maximum absolute atomic E-state index is 11.5. The topological polar surface area (TPSA) is 54.0 Å². The third kappa shape index (κ3) is 2.42. The zero-order valence-corrected chi connectivity index (χ0v) is 11.4. The van der Waals surface area contributed by atoms with Gasteiger partial charge in [-0.05, 0) is 42.3 Å². The molecule has 0 saturated carbocycles. The van der Waals surface area contributed by atoms with Crippen molar-refractivity contribution >= 4 is 11.7 Å². The number of nitrogens with one attached hydrogen (secondary N) is 2. The van der Waals surface area contributed by atoms with Crippen LogP contribution in [-0.4, -0.2) is 17.9 Å². The van der Waals surface area contributed by atoms with Gasteiger partial charge in [0.25, 0.3) is 0 Å². The molecule has 1 aliphatic rings. The van der Waals surface area contributed by atoms with E-state index in [-0.39, 0.29) is 5.91 Å². The van der Waals surface area contributed by atoms with E-state index >= 15 is 0 Å². The summed E-state index contributed by atoms with van der Waals surface area (Å²) in [5, 5.41) is 6.01. The molecule has 0 radical (unpaired) electrons. The SMILES string of the molecule is CNCc1cccc(-c2ccnc3c2CCC(=O)N3)c1. The minimum absolute atomic E-state index is 0.0473. The maximum atomic E-state index is 11.5. The van der Waals surface area contributed by atoms with Crippen LogP contribution >= 0.6 is 0 Å². The van der Waals surface area contributed by atoms with E-state index in [0.29, 0.717) is 12.2 Å². The van der Waals surface area contributed by atoms with Gasteiger partial charge >= 0.3 is 0 Å². The van der Waals surface area contributed by atoms with Crippen LogP contribution in [0.3, 0.4) is 0 Å². The molecule has 4 heteroatoms. The molecule has 1 aliphatic heterocycles. The molecule has 2 N–H and O–H groups in total. The minimum atomic E-state index is 0.0473. The second-order valence-electron chi connectivity index (χ2n) is 4.96. The highest BCUT2D eigenvalue weighted by Gasteiger charge is 2.19. The molecule has 1 amide bonds. The molecule has 0 unspecified atom stereocenters. The smallest absolute Gasteiger partial charge is 0.225 e. The van der Waals surface area contributed by atoms with Gasteiger partial charge in [0.1, 0.15) is 5.82 Å². The van der Waals surface area contributed by atoms with Crippen LogP contribution in [0.15, 0.2) is 36.5 Å². The fourth-order valence-corrected chi connectivity index (χ4v) is 2.61. The lowest BCUT2D eigenvalue weighted by Gasteiger charge is -2.19. The summed E-state index contributed by atoms with van der Waals surface area (Å²) in [6.45, 7) is 0.845. The standard InChI is InChI=1S/C16H17N3O/c1-17-10-11-3-2-4-12(9-11)13-7-8-18-16-14(13)5-6-15(20)19-16/h2-4,7-9,17H,5-6,10H2,1H3,(H,18,19,20). The predicted molar refractivity (Wildman–Crippen MR) is 79.4 cm³/mol. The first kappa shape index (κ1) is 12.8. The van der Waals surface area contributed by atoms with E-state index in [1.165, 1.54) is 11.1 Å². The van der Waals surface area contributed by atoms with E-state index in [1.807, 2.05) is 13.1 Å². The van der Waals surface area contributed by atoms with Crippen LogP contribution in [-0.2, 0) is 17.8 Å². The average Bonchev–Trinajstić information content (AvgIpc) is 2.47. The highest BCUT2D eigenvalue weighted by Crippen LogP contribution is 2.31. The van der Waals surface area contributed by atoms with E-state index in [2.05, 4.69) is 39.9 Å². The number of rotatable bonds is 3. The van der Waals surface area contributed by atoms with Crippen molar-refractivity contribution < 1.29 is 4.79 Å². The minimum Gasteiger partial charge on any atom is -0.316 e. The Morgan fingerprint density at radius 2 is 2.20 bits per heavy atom. The van der Waals surface area contributed by atoms with Crippen molar-refractivity contribution in [2.75, 3.05) is 12.4 Å². The van der Waals surface area contributed by atoms with Gasteiger partial charge in [-0.2, -0.15) is 0 Å². The molecule has 20 heavy (non-hydrogen) atoms. The van der Waals surface area contributed by atoms with E-state index in [4.69, 9.17) is 0 Å². The number of benzene rings is 1. The molecule has 3 rings (SSSR count). The molecule has 0 spiro atoms.